The lowest BCUT2D eigenvalue weighted by molar-refractivity contribution is 0.626. The van der Waals surface area contributed by atoms with E-state index in [0.717, 1.165) is 30.8 Å². The summed E-state index contributed by atoms with van der Waals surface area (Å²) in [5.41, 5.74) is 2.04. The predicted molar refractivity (Wildman–Crippen MR) is 65.8 cm³/mol. The fraction of sp³-hybridized carbons (Fsp3) is 0.308. The molecule has 0 spiro atoms. The van der Waals surface area contributed by atoms with Crippen molar-refractivity contribution in [2.45, 2.75) is 12.8 Å². The minimum atomic E-state index is -0.224. The lowest BCUT2D eigenvalue weighted by Gasteiger charge is -2.07. The van der Waals surface area contributed by atoms with Gasteiger partial charge in [-0.05, 0) is 56.8 Å². The Bertz CT molecular complexity index is 462. The van der Waals surface area contributed by atoms with Crippen molar-refractivity contribution in [2.24, 2.45) is 0 Å². The van der Waals surface area contributed by atoms with Crippen molar-refractivity contribution in [1.29, 1.82) is 0 Å². The normalized spacial score (nSPS) is 10.7. The molecule has 0 amide bonds. The first-order valence-corrected chi connectivity index (χ1v) is 5.74. The van der Waals surface area contributed by atoms with E-state index in [-0.39, 0.29) is 5.82 Å². The van der Waals surface area contributed by atoms with Gasteiger partial charge in [-0.1, -0.05) is 0 Å². The average molecular weight is 233 g/mol. The van der Waals surface area contributed by atoms with Gasteiger partial charge in [0, 0.05) is 11.9 Å². The van der Waals surface area contributed by atoms with Gasteiger partial charge >= 0.3 is 0 Å². The van der Waals surface area contributed by atoms with Crippen LogP contribution in [0.15, 0.2) is 36.5 Å². The van der Waals surface area contributed by atoms with Crippen LogP contribution >= 0.6 is 0 Å². The summed E-state index contributed by atoms with van der Waals surface area (Å²) >= 11 is 0. The topological polar surface area (TPSA) is 29.9 Å². The molecular formula is C13H16FN3. The number of nitrogens with one attached hydrogen (secondary N) is 1. The molecule has 1 N–H and O–H groups in total. The Kier molecular flexibility index (Phi) is 3.88. The number of aromatic nitrogens is 2. The van der Waals surface area contributed by atoms with E-state index in [1.807, 2.05) is 17.8 Å². The Balaban J connectivity index is 2.15. The van der Waals surface area contributed by atoms with E-state index in [2.05, 4.69) is 10.4 Å². The van der Waals surface area contributed by atoms with Crippen molar-refractivity contribution in [1.82, 2.24) is 15.1 Å². The average Bonchev–Trinajstić information content (AvgIpc) is 2.79. The first kappa shape index (κ1) is 11.8. The quantitative estimate of drug-likeness (QED) is 0.802. The molecular weight excluding hydrogens is 217 g/mol. The maximum absolute atomic E-state index is 12.8. The number of nitrogens with zero attached hydrogens (tertiary/aromatic N) is 2. The molecule has 4 heteroatoms. The molecule has 1 aromatic carbocycles. The largest absolute Gasteiger partial charge is 0.320 e. The first-order valence-electron chi connectivity index (χ1n) is 5.74. The van der Waals surface area contributed by atoms with Crippen LogP contribution in [0, 0.1) is 5.82 Å². The summed E-state index contributed by atoms with van der Waals surface area (Å²) in [5.74, 6) is -0.224. The summed E-state index contributed by atoms with van der Waals surface area (Å²) in [6, 6.07) is 8.38. The predicted octanol–water partition coefficient (Wildman–Crippen LogP) is 2.16. The molecule has 90 valence electrons. The highest BCUT2D eigenvalue weighted by Crippen LogP contribution is 2.12. The minimum Gasteiger partial charge on any atom is -0.320 e. The number of benzene rings is 1. The van der Waals surface area contributed by atoms with Crippen molar-refractivity contribution < 1.29 is 4.39 Å². The van der Waals surface area contributed by atoms with Crippen LogP contribution in [0.2, 0.25) is 0 Å². The molecule has 0 saturated carbocycles. The van der Waals surface area contributed by atoms with Gasteiger partial charge in [-0.3, -0.25) is 0 Å². The molecule has 0 radical (unpaired) electrons. The Morgan fingerprint density at radius 1 is 1.24 bits per heavy atom. The molecule has 1 heterocycles. The van der Waals surface area contributed by atoms with E-state index in [1.165, 1.54) is 12.1 Å². The zero-order valence-corrected chi connectivity index (χ0v) is 9.86. The van der Waals surface area contributed by atoms with Crippen molar-refractivity contribution in [3.05, 3.63) is 48.0 Å². The molecule has 3 nitrogen and oxygen atoms in total. The highest BCUT2D eigenvalue weighted by molar-refractivity contribution is 5.32. The number of hydrogen-bond acceptors (Lipinski definition) is 2. The van der Waals surface area contributed by atoms with Gasteiger partial charge in [-0.2, -0.15) is 5.10 Å². The van der Waals surface area contributed by atoms with Gasteiger partial charge in [0.2, 0.25) is 0 Å². The lowest BCUT2D eigenvalue weighted by atomic mass is 10.2. The third kappa shape index (κ3) is 2.91. The first-order chi connectivity index (χ1) is 8.31. The van der Waals surface area contributed by atoms with Crippen molar-refractivity contribution in [3.63, 3.8) is 0 Å². The van der Waals surface area contributed by atoms with E-state index in [1.54, 1.807) is 18.3 Å². The Hall–Kier alpha value is -1.68. The van der Waals surface area contributed by atoms with Gasteiger partial charge in [0.15, 0.2) is 0 Å². The molecule has 0 aliphatic carbocycles. The van der Waals surface area contributed by atoms with Crippen molar-refractivity contribution in [3.8, 4) is 5.69 Å². The molecule has 0 fully saturated rings. The van der Waals surface area contributed by atoms with E-state index in [4.69, 9.17) is 0 Å². The fourth-order valence-electron chi connectivity index (χ4n) is 1.78. The van der Waals surface area contributed by atoms with Gasteiger partial charge in [0.1, 0.15) is 5.82 Å². The van der Waals surface area contributed by atoms with Gasteiger partial charge in [0.05, 0.1) is 5.69 Å². The zero-order valence-electron chi connectivity index (χ0n) is 9.86. The number of aryl methyl sites for hydroxylation is 1. The zero-order chi connectivity index (χ0) is 12.1. The molecule has 0 unspecified atom stereocenters. The number of halogens is 1. The van der Waals surface area contributed by atoms with Crippen molar-refractivity contribution >= 4 is 0 Å². The molecule has 2 rings (SSSR count). The third-order valence-electron chi connectivity index (χ3n) is 2.65. The monoisotopic (exact) mass is 233 g/mol. The lowest BCUT2D eigenvalue weighted by Crippen LogP contribution is -2.10. The standard InChI is InChI=1S/C13H16FN3/c1-15-9-2-3-12-8-10-16-17(12)13-6-4-11(14)5-7-13/h4-8,10,15H,2-3,9H2,1H3. The molecule has 0 bridgehead atoms. The maximum atomic E-state index is 12.8. The van der Waals surface area contributed by atoms with Gasteiger partial charge in [-0.25, -0.2) is 9.07 Å². The maximum Gasteiger partial charge on any atom is 0.123 e. The van der Waals surface area contributed by atoms with Crippen LogP contribution in [0.4, 0.5) is 4.39 Å². The Morgan fingerprint density at radius 2 is 2.00 bits per heavy atom. The van der Waals surface area contributed by atoms with Crippen LogP contribution in [0.25, 0.3) is 5.69 Å². The van der Waals surface area contributed by atoms with Crippen molar-refractivity contribution in [2.75, 3.05) is 13.6 Å². The Labute approximate surface area is 100 Å². The molecule has 0 atom stereocenters. The smallest absolute Gasteiger partial charge is 0.123 e. The van der Waals surface area contributed by atoms with Gasteiger partial charge in [-0.15, -0.1) is 0 Å². The van der Waals surface area contributed by atoms with E-state index >= 15 is 0 Å². The molecule has 17 heavy (non-hydrogen) atoms. The second-order valence-electron chi connectivity index (χ2n) is 3.92. The van der Waals surface area contributed by atoms with Crippen LogP contribution in [0.5, 0.6) is 0 Å². The van der Waals surface area contributed by atoms with Crippen LogP contribution in [0.1, 0.15) is 12.1 Å². The summed E-state index contributed by atoms with van der Waals surface area (Å²) in [6.07, 6.45) is 3.79. The Morgan fingerprint density at radius 3 is 2.71 bits per heavy atom. The molecule has 1 aromatic heterocycles. The summed E-state index contributed by atoms with van der Waals surface area (Å²) in [4.78, 5) is 0. The highest BCUT2D eigenvalue weighted by Gasteiger charge is 2.04. The van der Waals surface area contributed by atoms with Gasteiger partial charge < -0.3 is 5.32 Å². The second kappa shape index (κ2) is 5.59. The minimum absolute atomic E-state index is 0.224. The van der Waals surface area contributed by atoms with Crippen LogP contribution in [0.3, 0.4) is 0 Å². The summed E-state index contributed by atoms with van der Waals surface area (Å²) in [7, 11) is 1.94. The summed E-state index contributed by atoms with van der Waals surface area (Å²) in [5, 5.41) is 7.39. The van der Waals surface area contributed by atoms with Crippen LogP contribution in [-0.2, 0) is 6.42 Å². The SMILES string of the molecule is CNCCCc1ccnn1-c1ccc(F)cc1. The van der Waals surface area contributed by atoms with Crippen LogP contribution < -0.4 is 5.32 Å². The van der Waals surface area contributed by atoms with E-state index in [0.29, 0.717) is 0 Å². The molecule has 0 aliphatic heterocycles. The summed E-state index contributed by atoms with van der Waals surface area (Å²) < 4.78 is 14.7. The van der Waals surface area contributed by atoms with E-state index in [9.17, 15) is 4.39 Å². The van der Waals surface area contributed by atoms with E-state index < -0.39 is 0 Å². The second-order valence-corrected chi connectivity index (χ2v) is 3.92. The third-order valence-corrected chi connectivity index (χ3v) is 2.65. The molecule has 0 aliphatic rings. The highest BCUT2D eigenvalue weighted by atomic mass is 19.1. The molecule has 0 saturated heterocycles. The summed E-state index contributed by atoms with van der Waals surface area (Å²) in [6.45, 7) is 0.981. The number of hydrogen-bond donors (Lipinski definition) is 1. The fourth-order valence-corrected chi connectivity index (χ4v) is 1.78. The van der Waals surface area contributed by atoms with Crippen LogP contribution in [-0.4, -0.2) is 23.4 Å². The molecule has 2 aromatic rings. The van der Waals surface area contributed by atoms with Gasteiger partial charge in [0.25, 0.3) is 0 Å². The number of rotatable bonds is 5.